The van der Waals surface area contributed by atoms with Crippen molar-refractivity contribution in [2.24, 2.45) is 0 Å². The molecule has 156 valence electrons. The first-order valence-electron chi connectivity index (χ1n) is 9.14. The normalized spacial score (nSPS) is 13.7. The molecular formula is C23H15ClF2N2O3. The highest BCUT2D eigenvalue weighted by Gasteiger charge is 2.41. The highest BCUT2D eigenvalue weighted by Crippen LogP contribution is 2.39. The monoisotopic (exact) mass is 440 g/mol. The largest absolute Gasteiger partial charge is 0.495 e. The van der Waals surface area contributed by atoms with E-state index >= 15 is 0 Å². The van der Waals surface area contributed by atoms with Gasteiger partial charge in [0.05, 0.1) is 18.4 Å². The van der Waals surface area contributed by atoms with Gasteiger partial charge in [0.25, 0.3) is 11.8 Å². The lowest BCUT2D eigenvalue weighted by atomic mass is 10.0. The summed E-state index contributed by atoms with van der Waals surface area (Å²) >= 11 is 6.08. The van der Waals surface area contributed by atoms with Gasteiger partial charge in [-0.05, 0) is 54.1 Å². The average molecular weight is 441 g/mol. The van der Waals surface area contributed by atoms with Gasteiger partial charge in [0.1, 0.15) is 23.1 Å². The van der Waals surface area contributed by atoms with Gasteiger partial charge in [-0.2, -0.15) is 0 Å². The van der Waals surface area contributed by atoms with E-state index in [-0.39, 0.29) is 28.4 Å². The van der Waals surface area contributed by atoms with Crippen LogP contribution >= 0.6 is 11.6 Å². The van der Waals surface area contributed by atoms with Crippen molar-refractivity contribution in [3.63, 3.8) is 0 Å². The molecule has 0 unspecified atom stereocenters. The number of hydrogen-bond donors (Lipinski definition) is 1. The number of halogens is 3. The molecule has 0 spiro atoms. The first kappa shape index (κ1) is 20.6. The maximum absolute atomic E-state index is 13.7. The van der Waals surface area contributed by atoms with Crippen molar-refractivity contribution >= 4 is 40.4 Å². The van der Waals surface area contributed by atoms with Crippen LogP contribution in [0.1, 0.15) is 5.56 Å². The first-order chi connectivity index (χ1) is 14.9. The smallest absolute Gasteiger partial charge is 0.282 e. The molecule has 1 aliphatic rings. The summed E-state index contributed by atoms with van der Waals surface area (Å²) in [6, 6.07) is 15.1. The number of imide groups is 1. The molecule has 3 aromatic carbocycles. The molecular weight excluding hydrogens is 426 g/mol. The van der Waals surface area contributed by atoms with Crippen molar-refractivity contribution in [1.82, 2.24) is 0 Å². The number of amides is 2. The van der Waals surface area contributed by atoms with Crippen LogP contribution in [0.25, 0.3) is 5.57 Å². The number of nitrogens with one attached hydrogen (secondary N) is 1. The highest BCUT2D eigenvalue weighted by molar-refractivity contribution is 6.46. The van der Waals surface area contributed by atoms with Gasteiger partial charge in [-0.1, -0.05) is 29.8 Å². The fourth-order valence-electron chi connectivity index (χ4n) is 3.30. The number of carbonyl (C=O) groups excluding carboxylic acids is 2. The molecule has 0 bridgehead atoms. The fraction of sp³-hybridized carbons (Fsp3) is 0.0435. The molecule has 1 aliphatic heterocycles. The lowest BCUT2D eigenvalue weighted by Gasteiger charge is -2.18. The Morgan fingerprint density at radius 3 is 2.32 bits per heavy atom. The molecule has 8 heteroatoms. The molecule has 5 nitrogen and oxygen atoms in total. The predicted molar refractivity (Wildman–Crippen MR) is 114 cm³/mol. The minimum Gasteiger partial charge on any atom is -0.495 e. The second-order valence-corrected chi connectivity index (χ2v) is 7.09. The number of ether oxygens (including phenoxy) is 1. The van der Waals surface area contributed by atoms with Crippen molar-refractivity contribution < 1.29 is 23.1 Å². The third-order valence-electron chi connectivity index (χ3n) is 4.69. The Labute approximate surface area is 181 Å². The Bertz CT molecular complexity index is 1230. The molecule has 0 aliphatic carbocycles. The standard InChI is InChI=1S/C23H15ClF2N2O3/c1-31-19-10-7-14(24)11-18(19)28-22(29)20(13-5-8-15(25)9-6-13)21(23(28)30)27-17-4-2-3-16(26)12-17/h2-12,27H,1H3. The molecule has 3 aromatic rings. The van der Waals surface area contributed by atoms with E-state index in [0.29, 0.717) is 10.6 Å². The van der Waals surface area contributed by atoms with E-state index in [0.717, 1.165) is 4.90 Å². The second-order valence-electron chi connectivity index (χ2n) is 6.65. The summed E-state index contributed by atoms with van der Waals surface area (Å²) in [5, 5.41) is 3.13. The zero-order chi connectivity index (χ0) is 22.1. The lowest BCUT2D eigenvalue weighted by molar-refractivity contribution is -0.120. The van der Waals surface area contributed by atoms with Crippen LogP contribution in [0.5, 0.6) is 5.75 Å². The molecule has 1 N–H and O–H groups in total. The molecule has 0 radical (unpaired) electrons. The molecule has 31 heavy (non-hydrogen) atoms. The summed E-state index contributed by atoms with van der Waals surface area (Å²) < 4.78 is 32.4. The summed E-state index contributed by atoms with van der Waals surface area (Å²) in [6.45, 7) is 0. The quantitative estimate of drug-likeness (QED) is 0.566. The summed E-state index contributed by atoms with van der Waals surface area (Å²) in [5.41, 5.74) is 0.680. The van der Waals surface area contributed by atoms with Crippen molar-refractivity contribution in [3.8, 4) is 5.75 Å². The van der Waals surface area contributed by atoms with E-state index in [9.17, 15) is 18.4 Å². The van der Waals surface area contributed by atoms with Crippen LogP contribution < -0.4 is 15.0 Å². The molecule has 0 atom stereocenters. The number of carbonyl (C=O) groups is 2. The molecule has 2 amide bonds. The molecule has 0 fully saturated rings. The van der Waals surface area contributed by atoms with Gasteiger partial charge in [-0.15, -0.1) is 0 Å². The van der Waals surface area contributed by atoms with Gasteiger partial charge in [-0.3, -0.25) is 9.59 Å². The summed E-state index contributed by atoms with van der Waals surface area (Å²) in [4.78, 5) is 27.7. The molecule has 0 aromatic heterocycles. The maximum Gasteiger partial charge on any atom is 0.282 e. The van der Waals surface area contributed by atoms with Crippen LogP contribution in [-0.4, -0.2) is 18.9 Å². The fourth-order valence-corrected chi connectivity index (χ4v) is 3.46. The number of methoxy groups -OCH3 is 1. The van der Waals surface area contributed by atoms with Gasteiger partial charge in [0.2, 0.25) is 0 Å². The number of rotatable bonds is 5. The van der Waals surface area contributed by atoms with Gasteiger partial charge < -0.3 is 10.1 Å². The van der Waals surface area contributed by atoms with Gasteiger partial charge in [0, 0.05) is 10.7 Å². The zero-order valence-electron chi connectivity index (χ0n) is 16.2. The Kier molecular flexibility index (Phi) is 5.44. The Balaban J connectivity index is 1.86. The van der Waals surface area contributed by atoms with Crippen molar-refractivity contribution in [2.75, 3.05) is 17.3 Å². The minimum atomic E-state index is -0.686. The molecule has 4 rings (SSSR count). The van der Waals surface area contributed by atoms with Crippen molar-refractivity contribution in [3.05, 3.63) is 94.6 Å². The summed E-state index contributed by atoms with van der Waals surface area (Å²) in [7, 11) is 1.40. The van der Waals surface area contributed by atoms with Crippen LogP contribution in [0.15, 0.2) is 72.4 Å². The molecule has 0 saturated carbocycles. The van der Waals surface area contributed by atoms with E-state index in [1.54, 1.807) is 12.1 Å². The Hall–Kier alpha value is -3.71. The maximum atomic E-state index is 13.7. The van der Waals surface area contributed by atoms with E-state index in [1.807, 2.05) is 0 Å². The Morgan fingerprint density at radius 1 is 0.903 bits per heavy atom. The summed E-state index contributed by atoms with van der Waals surface area (Å²) in [6.07, 6.45) is 0. The van der Waals surface area contributed by atoms with Crippen LogP contribution in [0, 0.1) is 11.6 Å². The van der Waals surface area contributed by atoms with Crippen LogP contribution in [0.2, 0.25) is 5.02 Å². The van der Waals surface area contributed by atoms with Crippen molar-refractivity contribution in [2.45, 2.75) is 0 Å². The van der Waals surface area contributed by atoms with E-state index in [2.05, 4.69) is 5.32 Å². The average Bonchev–Trinajstić information content (AvgIpc) is 2.98. The van der Waals surface area contributed by atoms with Crippen LogP contribution in [0.3, 0.4) is 0 Å². The van der Waals surface area contributed by atoms with Gasteiger partial charge in [-0.25, -0.2) is 13.7 Å². The molecule has 1 heterocycles. The van der Waals surface area contributed by atoms with E-state index in [4.69, 9.17) is 16.3 Å². The predicted octanol–water partition coefficient (Wildman–Crippen LogP) is 5.02. The minimum absolute atomic E-state index is 0.0105. The van der Waals surface area contributed by atoms with E-state index < -0.39 is 23.4 Å². The third kappa shape index (κ3) is 3.87. The van der Waals surface area contributed by atoms with E-state index in [1.165, 1.54) is 61.7 Å². The number of benzene rings is 3. The third-order valence-corrected chi connectivity index (χ3v) is 4.93. The number of nitrogens with zero attached hydrogens (tertiary/aromatic N) is 1. The number of anilines is 2. The first-order valence-corrected chi connectivity index (χ1v) is 9.52. The highest BCUT2D eigenvalue weighted by atomic mass is 35.5. The van der Waals surface area contributed by atoms with Crippen LogP contribution in [0.4, 0.5) is 20.2 Å². The van der Waals surface area contributed by atoms with Crippen molar-refractivity contribution in [1.29, 1.82) is 0 Å². The SMILES string of the molecule is COc1ccc(Cl)cc1N1C(=O)C(Nc2cccc(F)c2)=C(c2ccc(F)cc2)C1=O. The van der Waals surface area contributed by atoms with Gasteiger partial charge >= 0.3 is 0 Å². The molecule has 0 saturated heterocycles. The second kappa shape index (κ2) is 8.20. The lowest BCUT2D eigenvalue weighted by Crippen LogP contribution is -2.32. The zero-order valence-corrected chi connectivity index (χ0v) is 16.9. The summed E-state index contributed by atoms with van der Waals surface area (Å²) in [5.74, 6) is -2.09. The topological polar surface area (TPSA) is 58.6 Å². The van der Waals surface area contributed by atoms with Gasteiger partial charge in [0.15, 0.2) is 0 Å². The Morgan fingerprint density at radius 2 is 1.65 bits per heavy atom. The van der Waals surface area contributed by atoms with Crippen LogP contribution in [-0.2, 0) is 9.59 Å². The number of hydrogen-bond acceptors (Lipinski definition) is 4.